The summed E-state index contributed by atoms with van der Waals surface area (Å²) in [5.74, 6) is 1.14. The van der Waals surface area contributed by atoms with Crippen LogP contribution in [0.3, 0.4) is 0 Å². The molecule has 1 nitrogen and oxygen atoms in total. The maximum atomic E-state index is 3.24. The van der Waals surface area contributed by atoms with Gasteiger partial charge in [0.25, 0.3) is 0 Å². The molecule has 0 aromatic heterocycles. The molecule has 0 saturated carbocycles. The van der Waals surface area contributed by atoms with E-state index in [1.807, 2.05) is 18.8 Å². The maximum Gasteiger partial charge on any atom is 0.0289 e. The second-order valence-electron chi connectivity index (χ2n) is 3.02. The molecular weight excluding hydrogens is 178 g/mol. The zero-order valence-electron chi connectivity index (χ0n) is 8.50. The van der Waals surface area contributed by atoms with E-state index in [9.17, 15) is 0 Å². The number of rotatable bonds is 4. The second kappa shape index (κ2) is 5.30. The summed E-state index contributed by atoms with van der Waals surface area (Å²) < 4.78 is 0. The summed E-state index contributed by atoms with van der Waals surface area (Å²) in [6.45, 7) is 4.36. The molecule has 72 valence electrons. The smallest absolute Gasteiger partial charge is 0.0289 e. The summed E-state index contributed by atoms with van der Waals surface area (Å²) in [5.41, 5.74) is 1.36. The molecule has 0 amide bonds. The standard InChI is InChI=1S/C11H17NS/c1-4-13-11-7-5-6-10(8-11)9(2)12-3/h5-9,12H,4H2,1-3H3. The Bertz CT molecular complexity index is 260. The van der Waals surface area contributed by atoms with Crippen LogP contribution in [0.15, 0.2) is 29.2 Å². The molecule has 1 N–H and O–H groups in total. The first kappa shape index (κ1) is 10.6. The van der Waals surface area contributed by atoms with Crippen molar-refractivity contribution in [1.82, 2.24) is 5.32 Å². The van der Waals surface area contributed by atoms with Gasteiger partial charge in [-0.15, -0.1) is 11.8 Å². The average Bonchev–Trinajstić information content (AvgIpc) is 2.18. The Morgan fingerprint density at radius 2 is 2.23 bits per heavy atom. The fourth-order valence-electron chi connectivity index (χ4n) is 1.21. The molecule has 1 aromatic carbocycles. The third-order valence-electron chi connectivity index (χ3n) is 2.10. The SMILES string of the molecule is CCSc1cccc(C(C)NC)c1. The number of hydrogen-bond acceptors (Lipinski definition) is 2. The van der Waals surface area contributed by atoms with Crippen molar-refractivity contribution < 1.29 is 0 Å². The molecule has 1 rings (SSSR count). The van der Waals surface area contributed by atoms with Gasteiger partial charge in [-0.1, -0.05) is 19.1 Å². The normalized spacial score (nSPS) is 12.8. The summed E-state index contributed by atoms with van der Waals surface area (Å²) in [6.07, 6.45) is 0. The van der Waals surface area contributed by atoms with Crippen LogP contribution in [-0.2, 0) is 0 Å². The molecule has 1 unspecified atom stereocenters. The summed E-state index contributed by atoms with van der Waals surface area (Å²) in [7, 11) is 1.99. The Labute approximate surface area is 84.9 Å². The highest BCUT2D eigenvalue weighted by Gasteiger charge is 2.02. The summed E-state index contributed by atoms with van der Waals surface area (Å²) in [4.78, 5) is 1.36. The molecule has 0 saturated heterocycles. The highest BCUT2D eigenvalue weighted by Crippen LogP contribution is 2.21. The number of benzene rings is 1. The highest BCUT2D eigenvalue weighted by atomic mass is 32.2. The Morgan fingerprint density at radius 3 is 2.85 bits per heavy atom. The fourth-order valence-corrected chi connectivity index (χ4v) is 1.93. The minimum Gasteiger partial charge on any atom is -0.313 e. The van der Waals surface area contributed by atoms with Crippen LogP contribution in [0.25, 0.3) is 0 Å². The Kier molecular flexibility index (Phi) is 4.33. The first-order valence-corrected chi connectivity index (χ1v) is 5.66. The molecule has 0 bridgehead atoms. The van der Waals surface area contributed by atoms with Gasteiger partial charge in [-0.3, -0.25) is 0 Å². The van der Waals surface area contributed by atoms with Gasteiger partial charge in [0.1, 0.15) is 0 Å². The zero-order chi connectivity index (χ0) is 9.68. The predicted molar refractivity (Wildman–Crippen MR) is 60.3 cm³/mol. The van der Waals surface area contributed by atoms with Gasteiger partial charge in [0, 0.05) is 10.9 Å². The second-order valence-corrected chi connectivity index (χ2v) is 4.35. The Morgan fingerprint density at radius 1 is 1.46 bits per heavy atom. The van der Waals surface area contributed by atoms with E-state index in [4.69, 9.17) is 0 Å². The monoisotopic (exact) mass is 195 g/mol. The van der Waals surface area contributed by atoms with E-state index in [-0.39, 0.29) is 0 Å². The number of nitrogens with one attached hydrogen (secondary N) is 1. The van der Waals surface area contributed by atoms with Crippen molar-refractivity contribution in [3.8, 4) is 0 Å². The largest absolute Gasteiger partial charge is 0.313 e. The molecule has 0 aliphatic heterocycles. The lowest BCUT2D eigenvalue weighted by Crippen LogP contribution is -2.11. The molecule has 0 fully saturated rings. The van der Waals surface area contributed by atoms with Crippen molar-refractivity contribution in [1.29, 1.82) is 0 Å². The van der Waals surface area contributed by atoms with Crippen LogP contribution >= 0.6 is 11.8 Å². The van der Waals surface area contributed by atoms with Gasteiger partial charge in [0.2, 0.25) is 0 Å². The van der Waals surface area contributed by atoms with Crippen LogP contribution < -0.4 is 5.32 Å². The molecule has 0 aliphatic rings. The van der Waals surface area contributed by atoms with Gasteiger partial charge in [-0.05, 0) is 37.4 Å². The molecule has 1 atom stereocenters. The average molecular weight is 195 g/mol. The fraction of sp³-hybridized carbons (Fsp3) is 0.455. The minimum atomic E-state index is 0.442. The van der Waals surface area contributed by atoms with Gasteiger partial charge < -0.3 is 5.32 Å². The van der Waals surface area contributed by atoms with Crippen molar-refractivity contribution in [3.05, 3.63) is 29.8 Å². The number of thioether (sulfide) groups is 1. The van der Waals surface area contributed by atoms with Gasteiger partial charge in [0.05, 0.1) is 0 Å². The highest BCUT2D eigenvalue weighted by molar-refractivity contribution is 7.99. The molecule has 2 heteroatoms. The van der Waals surface area contributed by atoms with Crippen molar-refractivity contribution >= 4 is 11.8 Å². The van der Waals surface area contributed by atoms with Crippen LogP contribution in [0.2, 0.25) is 0 Å². The van der Waals surface area contributed by atoms with Crippen LogP contribution in [0.1, 0.15) is 25.5 Å². The lowest BCUT2D eigenvalue weighted by molar-refractivity contribution is 0.651. The van der Waals surface area contributed by atoms with Crippen LogP contribution in [-0.4, -0.2) is 12.8 Å². The van der Waals surface area contributed by atoms with E-state index >= 15 is 0 Å². The molecule has 0 aliphatic carbocycles. The van der Waals surface area contributed by atoms with E-state index in [0.717, 1.165) is 5.75 Å². The summed E-state index contributed by atoms with van der Waals surface area (Å²) >= 11 is 1.89. The lowest BCUT2D eigenvalue weighted by atomic mass is 10.1. The van der Waals surface area contributed by atoms with Crippen LogP contribution in [0.5, 0.6) is 0 Å². The number of hydrogen-bond donors (Lipinski definition) is 1. The zero-order valence-corrected chi connectivity index (χ0v) is 9.32. The maximum absolute atomic E-state index is 3.24. The topological polar surface area (TPSA) is 12.0 Å². The lowest BCUT2D eigenvalue weighted by Gasteiger charge is -2.11. The Hall–Kier alpha value is -0.470. The van der Waals surface area contributed by atoms with E-state index in [2.05, 4.69) is 43.4 Å². The third-order valence-corrected chi connectivity index (χ3v) is 2.98. The van der Waals surface area contributed by atoms with E-state index in [1.165, 1.54) is 10.5 Å². The Balaban J connectivity index is 2.78. The van der Waals surface area contributed by atoms with Crippen LogP contribution in [0.4, 0.5) is 0 Å². The molecular formula is C11H17NS. The van der Waals surface area contributed by atoms with Crippen molar-refractivity contribution in [2.75, 3.05) is 12.8 Å². The molecule has 0 radical (unpaired) electrons. The summed E-state index contributed by atoms with van der Waals surface area (Å²) in [5, 5.41) is 3.24. The van der Waals surface area contributed by atoms with Gasteiger partial charge in [-0.2, -0.15) is 0 Å². The molecule has 1 aromatic rings. The van der Waals surface area contributed by atoms with Crippen molar-refractivity contribution in [2.24, 2.45) is 0 Å². The molecule has 13 heavy (non-hydrogen) atoms. The van der Waals surface area contributed by atoms with Gasteiger partial charge in [0.15, 0.2) is 0 Å². The molecule has 0 heterocycles. The minimum absolute atomic E-state index is 0.442. The summed E-state index contributed by atoms with van der Waals surface area (Å²) in [6, 6.07) is 9.16. The first-order chi connectivity index (χ1) is 6.27. The van der Waals surface area contributed by atoms with Crippen LogP contribution in [0, 0.1) is 0 Å². The van der Waals surface area contributed by atoms with Gasteiger partial charge >= 0.3 is 0 Å². The van der Waals surface area contributed by atoms with E-state index < -0.39 is 0 Å². The predicted octanol–water partition coefficient (Wildman–Crippen LogP) is 3.08. The third kappa shape index (κ3) is 3.05. The molecule has 0 spiro atoms. The van der Waals surface area contributed by atoms with Crippen molar-refractivity contribution in [2.45, 2.75) is 24.8 Å². The van der Waals surface area contributed by atoms with E-state index in [1.54, 1.807) is 0 Å². The van der Waals surface area contributed by atoms with E-state index in [0.29, 0.717) is 6.04 Å². The van der Waals surface area contributed by atoms with Gasteiger partial charge in [-0.25, -0.2) is 0 Å². The first-order valence-electron chi connectivity index (χ1n) is 4.68. The quantitative estimate of drug-likeness (QED) is 0.741. The van der Waals surface area contributed by atoms with Crippen molar-refractivity contribution in [3.63, 3.8) is 0 Å².